The highest BCUT2D eigenvalue weighted by atomic mass is 14.8. The highest BCUT2D eigenvalue weighted by Gasteiger charge is 2.07. The van der Waals surface area contributed by atoms with Crippen molar-refractivity contribution < 1.29 is 0 Å². The lowest BCUT2D eigenvalue weighted by molar-refractivity contribution is 0.667. The van der Waals surface area contributed by atoms with Crippen LogP contribution < -0.4 is 5.73 Å². The summed E-state index contributed by atoms with van der Waals surface area (Å²) >= 11 is 0. The number of nitrogen functional groups attached to an aromatic ring is 1. The fourth-order valence-corrected chi connectivity index (χ4v) is 1.73. The number of nitrogens with zero attached hydrogens (tertiary/aromatic N) is 2. The zero-order chi connectivity index (χ0) is 9.80. The number of hydrogen-bond acceptors (Lipinski definition) is 3. The van der Waals surface area contributed by atoms with Crippen molar-refractivity contribution in [3.05, 3.63) is 18.5 Å². The van der Waals surface area contributed by atoms with Gasteiger partial charge < -0.3 is 5.73 Å². The molecule has 1 saturated carbocycles. The Bertz CT molecular complexity index is 336. The van der Waals surface area contributed by atoms with E-state index in [2.05, 4.69) is 9.98 Å². The van der Waals surface area contributed by atoms with Gasteiger partial charge in [-0.15, -0.1) is 0 Å². The molecule has 1 fully saturated rings. The lowest BCUT2D eigenvalue weighted by Crippen LogP contribution is -2.04. The molecule has 3 nitrogen and oxygen atoms in total. The van der Waals surface area contributed by atoms with Crippen LogP contribution in [0, 0.1) is 0 Å². The average molecular weight is 189 g/mol. The predicted octanol–water partition coefficient (Wildman–Crippen LogP) is 2.70. The summed E-state index contributed by atoms with van der Waals surface area (Å²) in [5.74, 6) is 0. The highest BCUT2D eigenvalue weighted by Crippen LogP contribution is 2.23. The second kappa shape index (κ2) is 4.22. The minimum Gasteiger partial charge on any atom is -0.397 e. The molecular weight excluding hydrogens is 174 g/mol. The summed E-state index contributed by atoms with van der Waals surface area (Å²) in [5, 5.41) is 0. The van der Waals surface area contributed by atoms with Gasteiger partial charge in [-0.2, -0.15) is 0 Å². The van der Waals surface area contributed by atoms with Crippen molar-refractivity contribution >= 4 is 17.1 Å². The molecule has 0 unspecified atom stereocenters. The van der Waals surface area contributed by atoms with Crippen molar-refractivity contribution in [2.45, 2.75) is 32.1 Å². The molecule has 14 heavy (non-hydrogen) atoms. The van der Waals surface area contributed by atoms with E-state index < -0.39 is 0 Å². The third kappa shape index (κ3) is 2.10. The maximum atomic E-state index is 5.79. The van der Waals surface area contributed by atoms with Gasteiger partial charge in [0.15, 0.2) is 0 Å². The molecule has 74 valence electrons. The van der Waals surface area contributed by atoms with E-state index in [4.69, 9.17) is 5.73 Å². The molecule has 1 aromatic rings. The van der Waals surface area contributed by atoms with Crippen LogP contribution in [0.15, 0.2) is 23.5 Å². The maximum absolute atomic E-state index is 5.79. The third-order valence-electron chi connectivity index (χ3n) is 2.54. The van der Waals surface area contributed by atoms with Crippen molar-refractivity contribution in [3.63, 3.8) is 0 Å². The van der Waals surface area contributed by atoms with Gasteiger partial charge in [0, 0.05) is 11.9 Å². The molecule has 0 amide bonds. The Labute approximate surface area is 84.1 Å². The standard InChI is InChI=1S/C11H15N3/c12-10-6-7-13-8-11(10)14-9-4-2-1-3-5-9/h6-8H,1-5H2,(H2,12,13). The second-order valence-corrected chi connectivity index (χ2v) is 3.67. The van der Waals surface area contributed by atoms with Crippen LogP contribution in [0.3, 0.4) is 0 Å². The molecule has 1 aromatic heterocycles. The van der Waals surface area contributed by atoms with Crippen LogP contribution in [0.1, 0.15) is 32.1 Å². The summed E-state index contributed by atoms with van der Waals surface area (Å²) in [7, 11) is 0. The number of aromatic nitrogens is 1. The largest absolute Gasteiger partial charge is 0.397 e. The Kier molecular flexibility index (Phi) is 2.77. The molecule has 0 aliphatic heterocycles. The van der Waals surface area contributed by atoms with E-state index in [1.807, 2.05) is 0 Å². The first-order chi connectivity index (χ1) is 6.86. The van der Waals surface area contributed by atoms with Crippen LogP contribution in [0.4, 0.5) is 11.4 Å². The van der Waals surface area contributed by atoms with Crippen molar-refractivity contribution in [2.75, 3.05) is 5.73 Å². The topological polar surface area (TPSA) is 51.3 Å². The lowest BCUT2D eigenvalue weighted by atomic mass is 9.98. The molecule has 0 spiro atoms. The van der Waals surface area contributed by atoms with Crippen LogP contribution in [0.25, 0.3) is 0 Å². The number of aliphatic imine (C=N–C) groups is 1. The van der Waals surface area contributed by atoms with Gasteiger partial charge >= 0.3 is 0 Å². The first-order valence-corrected chi connectivity index (χ1v) is 5.12. The summed E-state index contributed by atoms with van der Waals surface area (Å²) < 4.78 is 0. The number of pyridine rings is 1. The van der Waals surface area contributed by atoms with Gasteiger partial charge in [-0.3, -0.25) is 9.98 Å². The molecular formula is C11H15N3. The van der Waals surface area contributed by atoms with Crippen LogP contribution in [0.2, 0.25) is 0 Å². The van der Waals surface area contributed by atoms with E-state index in [-0.39, 0.29) is 0 Å². The SMILES string of the molecule is Nc1ccncc1N=C1CCCCC1. The van der Waals surface area contributed by atoms with Crippen molar-refractivity contribution in [3.8, 4) is 0 Å². The molecule has 2 rings (SSSR count). The van der Waals surface area contributed by atoms with Gasteiger partial charge in [0.25, 0.3) is 0 Å². The zero-order valence-corrected chi connectivity index (χ0v) is 8.24. The first kappa shape index (κ1) is 9.19. The zero-order valence-electron chi connectivity index (χ0n) is 8.24. The van der Waals surface area contributed by atoms with E-state index in [0.29, 0.717) is 0 Å². The number of anilines is 1. The normalized spacial score (nSPS) is 16.7. The van der Waals surface area contributed by atoms with Crippen molar-refractivity contribution in [1.29, 1.82) is 0 Å². The smallest absolute Gasteiger partial charge is 0.104 e. The predicted molar refractivity (Wildman–Crippen MR) is 58.8 cm³/mol. The monoisotopic (exact) mass is 189 g/mol. The van der Waals surface area contributed by atoms with Gasteiger partial charge in [0.1, 0.15) is 5.69 Å². The molecule has 2 N–H and O–H groups in total. The lowest BCUT2D eigenvalue weighted by Gasteiger charge is -2.12. The quantitative estimate of drug-likeness (QED) is 0.738. The molecule has 3 heteroatoms. The Morgan fingerprint density at radius 2 is 2.00 bits per heavy atom. The molecule has 1 heterocycles. The van der Waals surface area contributed by atoms with E-state index in [0.717, 1.165) is 24.2 Å². The Morgan fingerprint density at radius 3 is 2.71 bits per heavy atom. The maximum Gasteiger partial charge on any atom is 0.104 e. The molecule has 1 aliphatic rings. The minimum atomic E-state index is 0.720. The fourth-order valence-electron chi connectivity index (χ4n) is 1.73. The summed E-state index contributed by atoms with van der Waals surface area (Å²) in [6, 6.07) is 1.79. The summed E-state index contributed by atoms with van der Waals surface area (Å²) in [6.45, 7) is 0. The minimum absolute atomic E-state index is 0.720. The molecule has 1 aliphatic carbocycles. The molecule has 0 bridgehead atoms. The highest BCUT2D eigenvalue weighted by molar-refractivity contribution is 5.88. The van der Waals surface area contributed by atoms with E-state index in [1.165, 1.54) is 25.0 Å². The van der Waals surface area contributed by atoms with Crippen LogP contribution in [0.5, 0.6) is 0 Å². The van der Waals surface area contributed by atoms with E-state index >= 15 is 0 Å². The fraction of sp³-hybridized carbons (Fsp3) is 0.455. The number of hydrogen-bond donors (Lipinski definition) is 1. The van der Waals surface area contributed by atoms with Gasteiger partial charge in [0.05, 0.1) is 11.9 Å². The number of rotatable bonds is 1. The second-order valence-electron chi connectivity index (χ2n) is 3.67. The Morgan fingerprint density at radius 1 is 1.21 bits per heavy atom. The van der Waals surface area contributed by atoms with Gasteiger partial charge in [-0.25, -0.2) is 0 Å². The van der Waals surface area contributed by atoms with Gasteiger partial charge in [-0.05, 0) is 31.7 Å². The molecule has 0 aromatic carbocycles. The third-order valence-corrected chi connectivity index (χ3v) is 2.54. The van der Waals surface area contributed by atoms with Gasteiger partial charge in [-0.1, -0.05) is 6.42 Å². The van der Waals surface area contributed by atoms with Gasteiger partial charge in [0.2, 0.25) is 0 Å². The van der Waals surface area contributed by atoms with Crippen LogP contribution >= 0.6 is 0 Å². The summed E-state index contributed by atoms with van der Waals surface area (Å²) in [5.41, 5.74) is 8.61. The van der Waals surface area contributed by atoms with E-state index in [1.54, 1.807) is 18.5 Å². The Hall–Kier alpha value is -1.38. The first-order valence-electron chi connectivity index (χ1n) is 5.12. The van der Waals surface area contributed by atoms with Crippen LogP contribution in [-0.4, -0.2) is 10.7 Å². The summed E-state index contributed by atoms with van der Waals surface area (Å²) in [4.78, 5) is 8.57. The summed E-state index contributed by atoms with van der Waals surface area (Å²) in [6.07, 6.45) is 9.53. The molecule has 0 atom stereocenters. The Balaban J connectivity index is 2.19. The van der Waals surface area contributed by atoms with Crippen molar-refractivity contribution in [2.24, 2.45) is 4.99 Å². The molecule has 0 radical (unpaired) electrons. The van der Waals surface area contributed by atoms with Crippen molar-refractivity contribution in [1.82, 2.24) is 4.98 Å². The van der Waals surface area contributed by atoms with E-state index in [9.17, 15) is 0 Å². The molecule has 0 saturated heterocycles. The number of nitrogens with two attached hydrogens (primary N) is 1. The van der Waals surface area contributed by atoms with Crippen LogP contribution in [-0.2, 0) is 0 Å². The average Bonchev–Trinajstić information content (AvgIpc) is 2.23.